The lowest BCUT2D eigenvalue weighted by Crippen LogP contribution is -2.52. The number of carbonyl (C=O) groups excluding carboxylic acids is 2. The predicted molar refractivity (Wildman–Crippen MR) is 109 cm³/mol. The molecule has 2 atom stereocenters. The summed E-state index contributed by atoms with van der Waals surface area (Å²) in [6.45, 7) is 1.84. The molecule has 2 amide bonds. The Balaban J connectivity index is 1.31. The minimum absolute atomic E-state index is 0.00582. The Morgan fingerprint density at radius 1 is 1.23 bits per heavy atom. The van der Waals surface area contributed by atoms with Crippen LogP contribution in [0.3, 0.4) is 0 Å². The number of hydrogen-bond donors (Lipinski definition) is 2. The standard InChI is InChI=1S/C19H28BF2N5O3/c20-11-26-6-5-13(19(21,22)10-26)12-3-7-27(8-4-12)18-23-9-16(30-18)24-14-1-2-15(28)25-17(14)29/h9,12-14,24H,1-8,10-11,20H2,(H,25,28,29). The lowest BCUT2D eigenvalue weighted by Gasteiger charge is -2.44. The Labute approximate surface area is 175 Å². The molecule has 0 saturated carbocycles. The van der Waals surface area contributed by atoms with E-state index in [4.69, 9.17) is 4.42 Å². The highest BCUT2D eigenvalue weighted by molar-refractivity contribution is 6.08. The van der Waals surface area contributed by atoms with Gasteiger partial charge in [0.15, 0.2) is 0 Å². The highest BCUT2D eigenvalue weighted by atomic mass is 19.3. The monoisotopic (exact) mass is 423 g/mol. The molecule has 8 nitrogen and oxygen atoms in total. The molecule has 3 aliphatic rings. The summed E-state index contributed by atoms with van der Waals surface area (Å²) in [5.74, 6) is -3.48. The lowest BCUT2D eigenvalue weighted by molar-refractivity contribution is -0.133. The first-order valence-electron chi connectivity index (χ1n) is 10.8. The largest absolute Gasteiger partial charge is 0.407 e. The van der Waals surface area contributed by atoms with Crippen LogP contribution in [-0.2, 0) is 9.59 Å². The number of halogens is 2. The Hall–Kier alpha value is -2.17. The maximum absolute atomic E-state index is 14.6. The number of hydrogen-bond acceptors (Lipinski definition) is 7. The Morgan fingerprint density at radius 3 is 2.67 bits per heavy atom. The molecule has 0 radical (unpaired) electrons. The second-order valence-corrected chi connectivity index (χ2v) is 8.50. The van der Waals surface area contributed by atoms with Gasteiger partial charge in [-0.1, -0.05) is 0 Å². The summed E-state index contributed by atoms with van der Waals surface area (Å²) in [7, 11) is 1.93. The first kappa shape index (κ1) is 21.1. The zero-order chi connectivity index (χ0) is 21.3. The number of amides is 2. The maximum atomic E-state index is 14.6. The second kappa shape index (κ2) is 8.53. The van der Waals surface area contributed by atoms with Crippen molar-refractivity contribution in [2.24, 2.45) is 11.8 Å². The van der Waals surface area contributed by atoms with Crippen molar-refractivity contribution in [2.45, 2.75) is 44.1 Å². The van der Waals surface area contributed by atoms with Crippen LogP contribution in [0.1, 0.15) is 32.1 Å². The van der Waals surface area contributed by atoms with Crippen LogP contribution in [0, 0.1) is 11.8 Å². The molecule has 164 valence electrons. The molecule has 30 heavy (non-hydrogen) atoms. The van der Waals surface area contributed by atoms with Gasteiger partial charge in [-0.25, -0.2) is 8.78 Å². The van der Waals surface area contributed by atoms with E-state index in [1.807, 2.05) is 17.6 Å². The molecular formula is C19H28BF2N5O3. The molecule has 3 fully saturated rings. The molecule has 1 aromatic rings. The highest BCUT2D eigenvalue weighted by Crippen LogP contribution is 2.42. The van der Waals surface area contributed by atoms with Crippen molar-refractivity contribution in [3.8, 4) is 0 Å². The fourth-order valence-electron chi connectivity index (χ4n) is 4.85. The van der Waals surface area contributed by atoms with E-state index in [1.165, 1.54) is 6.20 Å². The van der Waals surface area contributed by atoms with Crippen LogP contribution in [0.15, 0.2) is 10.6 Å². The van der Waals surface area contributed by atoms with Crippen molar-refractivity contribution in [3.05, 3.63) is 6.20 Å². The minimum atomic E-state index is -2.64. The van der Waals surface area contributed by atoms with Gasteiger partial charge in [-0.2, -0.15) is 4.98 Å². The van der Waals surface area contributed by atoms with Crippen LogP contribution in [0.5, 0.6) is 0 Å². The van der Waals surface area contributed by atoms with Gasteiger partial charge in [-0.05, 0) is 44.6 Å². The molecule has 0 bridgehead atoms. The molecule has 2 N–H and O–H groups in total. The number of imide groups is 1. The van der Waals surface area contributed by atoms with Crippen LogP contribution in [-0.4, -0.2) is 74.1 Å². The second-order valence-electron chi connectivity index (χ2n) is 8.50. The van der Waals surface area contributed by atoms with Gasteiger partial charge in [0.25, 0.3) is 11.9 Å². The number of rotatable bonds is 5. The zero-order valence-electron chi connectivity index (χ0n) is 17.2. The van der Waals surface area contributed by atoms with E-state index in [9.17, 15) is 18.4 Å². The van der Waals surface area contributed by atoms with Gasteiger partial charge >= 0.3 is 0 Å². The van der Waals surface area contributed by atoms with Crippen molar-refractivity contribution in [1.29, 1.82) is 0 Å². The van der Waals surface area contributed by atoms with Crippen LogP contribution >= 0.6 is 0 Å². The molecule has 1 aromatic heterocycles. The third-order valence-electron chi connectivity index (χ3n) is 6.61. The molecule has 2 unspecified atom stereocenters. The number of anilines is 2. The maximum Gasteiger partial charge on any atom is 0.299 e. The number of oxazole rings is 1. The minimum Gasteiger partial charge on any atom is -0.407 e. The summed E-state index contributed by atoms with van der Waals surface area (Å²) in [4.78, 5) is 31.2. The number of nitrogens with one attached hydrogen (secondary N) is 2. The smallest absolute Gasteiger partial charge is 0.299 e. The van der Waals surface area contributed by atoms with Crippen molar-refractivity contribution in [2.75, 3.05) is 42.8 Å². The lowest BCUT2D eigenvalue weighted by atomic mass is 9.76. The number of nitrogens with zero attached hydrogens (tertiary/aromatic N) is 3. The van der Waals surface area contributed by atoms with E-state index in [0.717, 1.165) is 6.54 Å². The first-order valence-corrected chi connectivity index (χ1v) is 10.8. The molecule has 3 aliphatic heterocycles. The summed E-state index contributed by atoms with van der Waals surface area (Å²) < 4.78 is 35.0. The fourth-order valence-corrected chi connectivity index (χ4v) is 4.85. The van der Waals surface area contributed by atoms with Crippen LogP contribution < -0.4 is 15.5 Å². The van der Waals surface area contributed by atoms with Gasteiger partial charge in [0.05, 0.1) is 12.7 Å². The van der Waals surface area contributed by atoms with E-state index < -0.39 is 17.9 Å². The third-order valence-corrected chi connectivity index (χ3v) is 6.61. The van der Waals surface area contributed by atoms with E-state index in [1.54, 1.807) is 0 Å². The Kier molecular flexibility index (Phi) is 5.99. The molecule has 0 aliphatic carbocycles. The number of piperidine rings is 3. The van der Waals surface area contributed by atoms with E-state index >= 15 is 0 Å². The fraction of sp³-hybridized carbons (Fsp3) is 0.737. The number of aromatic nitrogens is 1. The average molecular weight is 423 g/mol. The highest BCUT2D eigenvalue weighted by Gasteiger charge is 2.48. The molecule has 0 spiro atoms. The van der Waals surface area contributed by atoms with Crippen molar-refractivity contribution >= 4 is 31.6 Å². The van der Waals surface area contributed by atoms with Gasteiger partial charge in [0, 0.05) is 25.4 Å². The number of carbonyl (C=O) groups is 2. The van der Waals surface area contributed by atoms with E-state index in [2.05, 4.69) is 15.6 Å². The summed E-state index contributed by atoms with van der Waals surface area (Å²) in [6.07, 6.45) is 4.77. The Morgan fingerprint density at radius 2 is 2.00 bits per heavy atom. The molecule has 0 aromatic carbocycles. The van der Waals surface area contributed by atoms with Gasteiger partial charge in [0.1, 0.15) is 13.9 Å². The summed E-state index contributed by atoms with van der Waals surface area (Å²) >= 11 is 0. The molecule has 4 heterocycles. The molecule has 4 rings (SSSR count). The van der Waals surface area contributed by atoms with Crippen molar-refractivity contribution in [3.63, 3.8) is 0 Å². The topological polar surface area (TPSA) is 90.7 Å². The summed E-state index contributed by atoms with van der Waals surface area (Å²) in [5.41, 5.74) is 0. The van der Waals surface area contributed by atoms with Crippen LogP contribution in [0.4, 0.5) is 20.7 Å². The van der Waals surface area contributed by atoms with Crippen LogP contribution in [0.2, 0.25) is 0 Å². The van der Waals surface area contributed by atoms with Crippen LogP contribution in [0.25, 0.3) is 0 Å². The third kappa shape index (κ3) is 4.45. The van der Waals surface area contributed by atoms with Gasteiger partial charge < -0.3 is 19.5 Å². The predicted octanol–water partition coefficient (Wildman–Crippen LogP) is 0.656. The molecule has 3 saturated heterocycles. The normalized spacial score (nSPS) is 28.4. The van der Waals surface area contributed by atoms with Crippen molar-refractivity contribution in [1.82, 2.24) is 15.2 Å². The Bertz CT molecular complexity index is 784. The zero-order valence-corrected chi connectivity index (χ0v) is 17.2. The van der Waals surface area contributed by atoms with E-state index in [0.29, 0.717) is 57.1 Å². The van der Waals surface area contributed by atoms with Gasteiger partial charge in [-0.15, -0.1) is 0 Å². The molecule has 11 heteroatoms. The van der Waals surface area contributed by atoms with Gasteiger partial charge in [0.2, 0.25) is 17.7 Å². The van der Waals surface area contributed by atoms with E-state index in [-0.39, 0.29) is 30.7 Å². The summed E-state index contributed by atoms with van der Waals surface area (Å²) in [5, 5.41) is 5.26. The SMILES string of the molecule is BCN1CCC(C2CCN(c3ncc(NC4CCC(=O)NC4=O)o3)CC2)C(F)(F)C1. The first-order chi connectivity index (χ1) is 14.4. The number of alkyl halides is 2. The average Bonchev–Trinajstić information content (AvgIpc) is 3.18. The molecular weight excluding hydrogens is 395 g/mol. The van der Waals surface area contributed by atoms with Gasteiger partial charge in [-0.3, -0.25) is 14.9 Å². The quantitative estimate of drug-likeness (QED) is 0.531. The van der Waals surface area contributed by atoms with Crippen molar-refractivity contribution < 1.29 is 22.8 Å². The summed E-state index contributed by atoms with van der Waals surface area (Å²) in [6, 6.07) is -0.110. The number of likely N-dealkylation sites (tertiary alicyclic amines) is 1.